The molecule has 8 nitrogen and oxygen atoms in total. The highest BCUT2D eigenvalue weighted by atomic mass is 16.7. The molecule has 3 aromatic carbocycles. The van der Waals surface area contributed by atoms with Gasteiger partial charge in [-0.2, -0.15) is 0 Å². The van der Waals surface area contributed by atoms with Gasteiger partial charge in [-0.05, 0) is 41.8 Å². The third-order valence-corrected chi connectivity index (χ3v) is 6.17. The molecule has 2 saturated heterocycles. The van der Waals surface area contributed by atoms with Crippen LogP contribution in [-0.4, -0.2) is 22.8 Å². The quantitative estimate of drug-likeness (QED) is 0.333. The Kier molecular flexibility index (Phi) is 5.14. The Morgan fingerprint density at radius 1 is 0.879 bits per heavy atom. The number of aryl methyl sites for hydroxylation is 1. The minimum absolute atomic E-state index is 0.113. The van der Waals surface area contributed by atoms with Crippen molar-refractivity contribution in [3.63, 3.8) is 0 Å². The van der Waals surface area contributed by atoms with Crippen LogP contribution in [0.5, 0.6) is 0 Å². The molecule has 0 spiro atoms. The molecule has 0 aromatic heterocycles. The first kappa shape index (κ1) is 20.8. The van der Waals surface area contributed by atoms with E-state index in [1.165, 1.54) is 29.8 Å². The number of hydroxylamine groups is 1. The van der Waals surface area contributed by atoms with Crippen molar-refractivity contribution in [1.82, 2.24) is 0 Å². The summed E-state index contributed by atoms with van der Waals surface area (Å²) in [6.45, 7) is 2.07. The lowest BCUT2D eigenvalue weighted by molar-refractivity contribution is -0.384. The van der Waals surface area contributed by atoms with E-state index in [4.69, 9.17) is 4.84 Å². The third-order valence-electron chi connectivity index (χ3n) is 6.17. The fourth-order valence-electron chi connectivity index (χ4n) is 4.48. The normalized spacial score (nSPS) is 22.0. The van der Waals surface area contributed by atoms with Crippen molar-refractivity contribution in [2.45, 2.75) is 25.5 Å². The number of hydrogen-bond acceptors (Lipinski definition) is 6. The van der Waals surface area contributed by atoms with Crippen LogP contribution in [0.15, 0.2) is 78.9 Å². The number of amides is 2. The van der Waals surface area contributed by atoms with E-state index in [1.807, 2.05) is 54.6 Å². The van der Waals surface area contributed by atoms with E-state index >= 15 is 0 Å². The van der Waals surface area contributed by atoms with E-state index in [-0.39, 0.29) is 11.6 Å². The van der Waals surface area contributed by atoms with Gasteiger partial charge < -0.3 is 0 Å². The molecule has 2 fully saturated rings. The molecule has 2 aliphatic rings. The second kappa shape index (κ2) is 8.14. The summed E-state index contributed by atoms with van der Waals surface area (Å²) in [6, 6.07) is 22.2. The number of non-ortho nitro benzene ring substituents is 1. The first-order valence-corrected chi connectivity index (χ1v) is 10.7. The van der Waals surface area contributed by atoms with E-state index in [9.17, 15) is 19.7 Å². The van der Waals surface area contributed by atoms with Crippen LogP contribution in [0, 0.1) is 16.0 Å². The zero-order valence-corrected chi connectivity index (χ0v) is 17.8. The van der Waals surface area contributed by atoms with E-state index in [1.54, 1.807) is 5.06 Å². The highest BCUT2D eigenvalue weighted by Crippen LogP contribution is 2.47. The van der Waals surface area contributed by atoms with Crippen LogP contribution in [0.3, 0.4) is 0 Å². The maximum absolute atomic E-state index is 13.6. The van der Waals surface area contributed by atoms with Crippen LogP contribution in [0.25, 0.3) is 0 Å². The molecule has 3 atom stereocenters. The van der Waals surface area contributed by atoms with Crippen LogP contribution in [0.2, 0.25) is 0 Å². The number of anilines is 2. The Morgan fingerprint density at radius 2 is 1.55 bits per heavy atom. The molecule has 166 valence electrons. The lowest BCUT2D eigenvalue weighted by Crippen LogP contribution is -2.37. The Bertz CT molecular complexity index is 1210. The fourth-order valence-corrected chi connectivity index (χ4v) is 4.48. The Labute approximate surface area is 190 Å². The van der Waals surface area contributed by atoms with Gasteiger partial charge in [0.1, 0.15) is 5.92 Å². The molecule has 2 aliphatic heterocycles. The summed E-state index contributed by atoms with van der Waals surface area (Å²) in [6.07, 6.45) is -0.0925. The van der Waals surface area contributed by atoms with Gasteiger partial charge >= 0.3 is 0 Å². The Balaban J connectivity index is 1.54. The number of nitro benzene ring substituents is 1. The number of imide groups is 1. The first-order valence-electron chi connectivity index (χ1n) is 10.7. The van der Waals surface area contributed by atoms with Crippen molar-refractivity contribution in [1.29, 1.82) is 0 Å². The standard InChI is InChI=1S/C25H21N3O5/c1-2-16-8-10-17(11-9-16)22-21-23(33-27(22)19-6-4-3-5-7-19)25(30)26(24(21)29)18-12-14-20(15-13-18)28(31)32/h3-15,21-23H,2H2,1H3/t21-,22-,23-/m0/s1. The number of nitro groups is 1. The molecular formula is C25H21N3O5. The SMILES string of the molecule is CCc1ccc([C@H]2[C@@H]3C(=O)N(c4ccc([N+](=O)[O-])cc4)C(=O)[C@H]3ON2c2ccccc2)cc1. The third kappa shape index (κ3) is 3.44. The summed E-state index contributed by atoms with van der Waals surface area (Å²) in [7, 11) is 0. The average molecular weight is 443 g/mol. The second-order valence-electron chi connectivity index (χ2n) is 8.04. The Morgan fingerprint density at radius 3 is 2.15 bits per heavy atom. The predicted octanol–water partition coefficient (Wildman–Crippen LogP) is 4.21. The van der Waals surface area contributed by atoms with Gasteiger partial charge in [-0.25, -0.2) is 9.96 Å². The van der Waals surface area contributed by atoms with Gasteiger partial charge in [0.2, 0.25) is 5.91 Å². The van der Waals surface area contributed by atoms with Crippen molar-refractivity contribution in [2.24, 2.45) is 5.92 Å². The van der Waals surface area contributed by atoms with E-state index < -0.39 is 28.9 Å². The molecular weight excluding hydrogens is 422 g/mol. The van der Waals surface area contributed by atoms with Gasteiger partial charge in [0.15, 0.2) is 6.10 Å². The van der Waals surface area contributed by atoms with E-state index in [2.05, 4.69) is 6.92 Å². The summed E-state index contributed by atoms with van der Waals surface area (Å²) in [5.41, 5.74) is 2.97. The van der Waals surface area contributed by atoms with Gasteiger partial charge in [0, 0.05) is 12.1 Å². The number of carbonyl (C=O) groups is 2. The fraction of sp³-hybridized carbons (Fsp3) is 0.200. The number of benzene rings is 3. The number of fused-ring (bicyclic) bond motifs is 1. The molecule has 0 saturated carbocycles. The number of rotatable bonds is 5. The Hall–Kier alpha value is -4.04. The van der Waals surface area contributed by atoms with E-state index in [0.29, 0.717) is 5.69 Å². The largest absolute Gasteiger partial charge is 0.273 e. The zero-order valence-electron chi connectivity index (χ0n) is 17.8. The zero-order chi connectivity index (χ0) is 23.1. The van der Waals surface area contributed by atoms with Crippen LogP contribution in [0.1, 0.15) is 24.1 Å². The summed E-state index contributed by atoms with van der Waals surface area (Å²) in [5, 5.41) is 12.6. The summed E-state index contributed by atoms with van der Waals surface area (Å²) in [4.78, 5) is 44.5. The van der Waals surface area contributed by atoms with Gasteiger partial charge in [0.05, 0.1) is 22.3 Å². The molecule has 0 bridgehead atoms. The summed E-state index contributed by atoms with van der Waals surface area (Å²) < 4.78 is 0. The average Bonchev–Trinajstić information content (AvgIpc) is 3.35. The topological polar surface area (TPSA) is 93.0 Å². The second-order valence-corrected chi connectivity index (χ2v) is 8.04. The minimum Gasteiger partial charge on any atom is -0.273 e. The van der Waals surface area contributed by atoms with Crippen molar-refractivity contribution in [3.05, 3.63) is 100 Å². The lowest BCUT2D eigenvalue weighted by atomic mass is 9.90. The van der Waals surface area contributed by atoms with Crippen LogP contribution in [0.4, 0.5) is 17.1 Å². The van der Waals surface area contributed by atoms with Crippen molar-refractivity contribution < 1.29 is 19.3 Å². The van der Waals surface area contributed by atoms with Gasteiger partial charge in [-0.3, -0.25) is 24.5 Å². The number of hydrogen-bond donors (Lipinski definition) is 0. The molecule has 0 radical (unpaired) electrons. The van der Waals surface area contributed by atoms with Crippen molar-refractivity contribution in [3.8, 4) is 0 Å². The molecule has 0 N–H and O–H groups in total. The summed E-state index contributed by atoms with van der Waals surface area (Å²) in [5.74, 6) is -1.62. The number of carbonyl (C=O) groups excluding carboxylic acids is 2. The highest BCUT2D eigenvalue weighted by molar-refractivity contribution is 6.23. The first-order chi connectivity index (χ1) is 16.0. The number of nitrogens with zero attached hydrogens (tertiary/aromatic N) is 3. The highest BCUT2D eigenvalue weighted by Gasteiger charge is 2.60. The van der Waals surface area contributed by atoms with Gasteiger partial charge in [-0.1, -0.05) is 49.4 Å². The predicted molar refractivity (Wildman–Crippen MR) is 121 cm³/mol. The molecule has 8 heteroatoms. The minimum atomic E-state index is -0.983. The van der Waals surface area contributed by atoms with Crippen LogP contribution >= 0.6 is 0 Å². The molecule has 33 heavy (non-hydrogen) atoms. The maximum atomic E-state index is 13.6. The summed E-state index contributed by atoms with van der Waals surface area (Å²) >= 11 is 0. The van der Waals surface area contributed by atoms with Gasteiger partial charge in [0.25, 0.3) is 11.6 Å². The lowest BCUT2D eigenvalue weighted by Gasteiger charge is -2.28. The smallest absolute Gasteiger partial charge is 0.269 e. The van der Waals surface area contributed by atoms with Crippen LogP contribution < -0.4 is 9.96 Å². The molecule has 5 rings (SSSR count). The molecule has 0 unspecified atom stereocenters. The van der Waals surface area contributed by atoms with Crippen molar-refractivity contribution >= 4 is 28.9 Å². The monoisotopic (exact) mass is 443 g/mol. The van der Waals surface area contributed by atoms with Crippen LogP contribution in [-0.2, 0) is 20.8 Å². The molecule has 0 aliphatic carbocycles. The molecule has 2 heterocycles. The molecule has 2 amide bonds. The maximum Gasteiger partial charge on any atom is 0.269 e. The number of para-hydroxylation sites is 1. The van der Waals surface area contributed by atoms with Crippen molar-refractivity contribution in [2.75, 3.05) is 9.96 Å². The van der Waals surface area contributed by atoms with E-state index in [0.717, 1.165) is 22.6 Å². The van der Waals surface area contributed by atoms with Gasteiger partial charge in [-0.15, -0.1) is 0 Å². The molecule has 3 aromatic rings.